The molecule has 5 heteroatoms. The molecule has 4 nitrogen and oxygen atoms in total. The fourth-order valence-corrected chi connectivity index (χ4v) is 2.53. The van der Waals surface area contributed by atoms with Crippen LogP contribution in [-0.2, 0) is 0 Å². The Morgan fingerprint density at radius 2 is 1.94 bits per heavy atom. The van der Waals surface area contributed by atoms with Gasteiger partial charge in [0.25, 0.3) is 0 Å². The monoisotopic (exact) mass is 300 g/mol. The van der Waals surface area contributed by atoms with E-state index < -0.39 is 0 Å². The second kappa shape index (κ2) is 6.79. The second-order valence-electron chi connectivity index (χ2n) is 3.97. The summed E-state index contributed by atoms with van der Waals surface area (Å²) in [7, 11) is 2.08. The van der Waals surface area contributed by atoms with Gasteiger partial charge in [-0.2, -0.15) is 0 Å². The average molecular weight is 301 g/mol. The van der Waals surface area contributed by atoms with E-state index >= 15 is 0 Å². The fraction of sp³-hybridized carbons (Fsp3) is 0.667. The molecule has 0 saturated heterocycles. The topological polar surface area (TPSA) is 41.1 Å². The van der Waals surface area contributed by atoms with Crippen molar-refractivity contribution in [3.8, 4) is 0 Å². The van der Waals surface area contributed by atoms with Crippen molar-refractivity contribution >= 4 is 27.6 Å². The van der Waals surface area contributed by atoms with Crippen LogP contribution in [0, 0.1) is 0 Å². The Morgan fingerprint density at radius 1 is 1.29 bits per heavy atom. The first kappa shape index (κ1) is 14.2. The maximum Gasteiger partial charge on any atom is 0.148 e. The molecule has 0 spiro atoms. The molecule has 0 unspecified atom stereocenters. The highest BCUT2D eigenvalue weighted by Gasteiger charge is 2.17. The smallest absolute Gasteiger partial charge is 0.148 e. The van der Waals surface area contributed by atoms with Crippen molar-refractivity contribution in [3.05, 3.63) is 10.8 Å². The number of nitrogens with one attached hydrogen (secondary N) is 1. The zero-order valence-electron chi connectivity index (χ0n) is 11.0. The standard InChI is InChI=1S/C12H21BrN4/c1-5-9(6-2)17(4)12-10(13)11(14-7-3)15-8-16-12/h8-9H,5-7H2,1-4H3,(H,14,15,16). The lowest BCUT2D eigenvalue weighted by molar-refractivity contribution is 0.585. The Morgan fingerprint density at radius 3 is 2.47 bits per heavy atom. The highest BCUT2D eigenvalue weighted by atomic mass is 79.9. The summed E-state index contributed by atoms with van der Waals surface area (Å²) >= 11 is 3.58. The van der Waals surface area contributed by atoms with Gasteiger partial charge in [-0.3, -0.25) is 0 Å². The summed E-state index contributed by atoms with van der Waals surface area (Å²) < 4.78 is 0.941. The minimum atomic E-state index is 0.510. The van der Waals surface area contributed by atoms with Gasteiger partial charge in [0.15, 0.2) is 0 Å². The molecule has 0 fully saturated rings. The lowest BCUT2D eigenvalue weighted by Gasteiger charge is -2.28. The quantitative estimate of drug-likeness (QED) is 0.875. The summed E-state index contributed by atoms with van der Waals surface area (Å²) in [6.45, 7) is 7.30. The number of halogens is 1. The molecule has 17 heavy (non-hydrogen) atoms. The van der Waals surface area contributed by atoms with Crippen LogP contribution in [0.4, 0.5) is 11.6 Å². The maximum absolute atomic E-state index is 4.37. The van der Waals surface area contributed by atoms with Crippen LogP contribution in [-0.4, -0.2) is 29.6 Å². The molecule has 0 aliphatic carbocycles. The molecule has 0 aliphatic rings. The van der Waals surface area contributed by atoms with Gasteiger partial charge in [0, 0.05) is 19.6 Å². The highest BCUT2D eigenvalue weighted by molar-refractivity contribution is 9.10. The van der Waals surface area contributed by atoms with Crippen molar-refractivity contribution < 1.29 is 0 Å². The van der Waals surface area contributed by atoms with E-state index in [9.17, 15) is 0 Å². The third-order valence-electron chi connectivity index (χ3n) is 2.94. The number of nitrogens with zero attached hydrogens (tertiary/aromatic N) is 3. The summed E-state index contributed by atoms with van der Waals surface area (Å²) in [5, 5.41) is 3.22. The predicted octanol–water partition coefficient (Wildman–Crippen LogP) is 3.30. The normalized spacial score (nSPS) is 10.7. The zero-order valence-corrected chi connectivity index (χ0v) is 12.6. The second-order valence-corrected chi connectivity index (χ2v) is 4.76. The molecule has 0 aliphatic heterocycles. The average Bonchev–Trinajstić information content (AvgIpc) is 2.33. The Kier molecular flexibility index (Phi) is 5.68. The fourth-order valence-electron chi connectivity index (χ4n) is 1.91. The van der Waals surface area contributed by atoms with Crippen LogP contribution in [0.25, 0.3) is 0 Å². The summed E-state index contributed by atoms with van der Waals surface area (Å²) in [4.78, 5) is 10.8. The summed E-state index contributed by atoms with van der Waals surface area (Å²) in [5.41, 5.74) is 0. The minimum Gasteiger partial charge on any atom is -0.369 e. The maximum atomic E-state index is 4.37. The van der Waals surface area contributed by atoms with E-state index in [0.29, 0.717) is 6.04 Å². The van der Waals surface area contributed by atoms with Crippen molar-refractivity contribution in [2.45, 2.75) is 39.7 Å². The van der Waals surface area contributed by atoms with Crippen LogP contribution in [0.5, 0.6) is 0 Å². The molecule has 0 saturated carbocycles. The van der Waals surface area contributed by atoms with E-state index in [-0.39, 0.29) is 0 Å². The van der Waals surface area contributed by atoms with E-state index in [4.69, 9.17) is 0 Å². The first-order valence-corrected chi connectivity index (χ1v) is 6.92. The van der Waals surface area contributed by atoms with E-state index in [2.05, 4.69) is 63.9 Å². The number of rotatable bonds is 6. The molecule has 0 aromatic carbocycles. The van der Waals surface area contributed by atoms with Crippen LogP contribution in [0.1, 0.15) is 33.6 Å². The van der Waals surface area contributed by atoms with Gasteiger partial charge >= 0.3 is 0 Å². The van der Waals surface area contributed by atoms with Crippen molar-refractivity contribution in [1.82, 2.24) is 9.97 Å². The van der Waals surface area contributed by atoms with Gasteiger partial charge in [-0.25, -0.2) is 9.97 Å². The molecule has 0 radical (unpaired) electrons. The van der Waals surface area contributed by atoms with Crippen LogP contribution >= 0.6 is 15.9 Å². The van der Waals surface area contributed by atoms with Gasteiger partial charge in [-0.05, 0) is 35.7 Å². The molecule has 0 atom stereocenters. The van der Waals surface area contributed by atoms with E-state index in [0.717, 1.165) is 35.5 Å². The predicted molar refractivity (Wildman–Crippen MR) is 76.7 cm³/mol. The van der Waals surface area contributed by atoms with Gasteiger partial charge in [0.05, 0.1) is 0 Å². The van der Waals surface area contributed by atoms with Crippen molar-refractivity contribution in [2.75, 3.05) is 23.8 Å². The van der Waals surface area contributed by atoms with Crippen molar-refractivity contribution in [3.63, 3.8) is 0 Å². The number of hydrogen-bond acceptors (Lipinski definition) is 4. The van der Waals surface area contributed by atoms with Crippen LogP contribution in [0.15, 0.2) is 10.8 Å². The van der Waals surface area contributed by atoms with Crippen LogP contribution < -0.4 is 10.2 Å². The summed E-state index contributed by atoms with van der Waals surface area (Å²) in [6, 6.07) is 0.510. The molecule has 1 heterocycles. The number of aromatic nitrogens is 2. The summed E-state index contributed by atoms with van der Waals surface area (Å²) in [6.07, 6.45) is 3.83. The molecule has 1 N–H and O–H groups in total. The molecule has 0 bridgehead atoms. The van der Waals surface area contributed by atoms with Gasteiger partial charge < -0.3 is 10.2 Å². The Hall–Kier alpha value is -0.840. The van der Waals surface area contributed by atoms with Gasteiger partial charge in [0.2, 0.25) is 0 Å². The van der Waals surface area contributed by atoms with Gasteiger partial charge in [-0.15, -0.1) is 0 Å². The number of hydrogen-bond donors (Lipinski definition) is 1. The first-order chi connectivity index (χ1) is 8.15. The largest absolute Gasteiger partial charge is 0.369 e. The zero-order chi connectivity index (χ0) is 12.8. The van der Waals surface area contributed by atoms with Crippen LogP contribution in [0.3, 0.4) is 0 Å². The molecule has 1 rings (SSSR count). The summed E-state index contributed by atoms with van der Waals surface area (Å²) in [5.74, 6) is 1.81. The van der Waals surface area contributed by atoms with Crippen molar-refractivity contribution in [2.24, 2.45) is 0 Å². The van der Waals surface area contributed by atoms with Crippen LogP contribution in [0.2, 0.25) is 0 Å². The number of anilines is 2. The Labute approximate surface area is 112 Å². The van der Waals surface area contributed by atoms with E-state index in [1.54, 1.807) is 6.33 Å². The minimum absolute atomic E-state index is 0.510. The molecule has 1 aromatic heterocycles. The Bertz CT molecular complexity index is 352. The highest BCUT2D eigenvalue weighted by Crippen LogP contribution is 2.30. The third-order valence-corrected chi connectivity index (χ3v) is 3.67. The SMILES string of the molecule is CCNc1ncnc(N(C)C(CC)CC)c1Br. The molecular weight excluding hydrogens is 280 g/mol. The van der Waals surface area contributed by atoms with E-state index in [1.807, 2.05) is 0 Å². The first-order valence-electron chi connectivity index (χ1n) is 6.12. The molecule has 0 amide bonds. The lowest BCUT2D eigenvalue weighted by atomic mass is 10.1. The van der Waals surface area contributed by atoms with Gasteiger partial charge in [0.1, 0.15) is 22.4 Å². The lowest BCUT2D eigenvalue weighted by Crippen LogP contribution is -2.31. The molecule has 1 aromatic rings. The van der Waals surface area contributed by atoms with Gasteiger partial charge in [-0.1, -0.05) is 13.8 Å². The Balaban J connectivity index is 3.00. The van der Waals surface area contributed by atoms with E-state index in [1.165, 1.54) is 0 Å². The third kappa shape index (κ3) is 3.31. The molecular formula is C12H21BrN4. The molecule has 96 valence electrons. The van der Waals surface area contributed by atoms with Crippen molar-refractivity contribution in [1.29, 1.82) is 0 Å².